The number of aryl methyl sites for hydroxylation is 1. The fraction of sp³-hybridized carbons (Fsp3) is 0.182. The maximum absolute atomic E-state index is 5.15. The Hall–Kier alpha value is -3.74. The summed E-state index contributed by atoms with van der Waals surface area (Å²) in [5.74, 6) is 3.50. The maximum atomic E-state index is 5.15. The fourth-order valence-electron chi connectivity index (χ4n) is 2.93. The monoisotopic (exact) mass is 386 g/mol. The summed E-state index contributed by atoms with van der Waals surface area (Å²) < 4.78 is 5.15. The number of nitrogens with one attached hydrogen (secondary N) is 1. The molecule has 0 saturated carbocycles. The number of aromatic nitrogens is 4. The van der Waals surface area contributed by atoms with Gasteiger partial charge >= 0.3 is 0 Å². The van der Waals surface area contributed by atoms with Gasteiger partial charge in [0.25, 0.3) is 0 Å². The summed E-state index contributed by atoms with van der Waals surface area (Å²) >= 11 is 0. The van der Waals surface area contributed by atoms with Crippen molar-refractivity contribution in [1.82, 2.24) is 20.1 Å². The van der Waals surface area contributed by atoms with Crippen LogP contribution in [0.1, 0.15) is 11.3 Å². The number of hydrogen-bond donors (Lipinski definition) is 1. The molecule has 0 aliphatic carbocycles. The Morgan fingerprint density at radius 2 is 1.76 bits per heavy atom. The molecule has 0 fully saturated rings. The highest BCUT2D eigenvalue weighted by molar-refractivity contribution is 5.64. The predicted molar refractivity (Wildman–Crippen MR) is 113 cm³/mol. The summed E-state index contributed by atoms with van der Waals surface area (Å²) in [6, 6.07) is 17.7. The van der Waals surface area contributed by atoms with Crippen LogP contribution < -0.4 is 10.2 Å². The molecule has 7 heteroatoms. The van der Waals surface area contributed by atoms with E-state index in [9.17, 15) is 0 Å². The van der Waals surface area contributed by atoms with Gasteiger partial charge < -0.3 is 14.7 Å². The van der Waals surface area contributed by atoms with Crippen molar-refractivity contribution in [2.75, 3.05) is 23.8 Å². The van der Waals surface area contributed by atoms with Crippen LogP contribution in [0.15, 0.2) is 71.5 Å². The van der Waals surface area contributed by atoms with Crippen molar-refractivity contribution in [3.63, 3.8) is 0 Å². The van der Waals surface area contributed by atoms with E-state index in [0.717, 1.165) is 30.1 Å². The number of hydrogen-bond acceptors (Lipinski definition) is 7. The van der Waals surface area contributed by atoms with Gasteiger partial charge in [0.15, 0.2) is 11.6 Å². The first kappa shape index (κ1) is 18.6. The van der Waals surface area contributed by atoms with Crippen LogP contribution >= 0.6 is 0 Å². The Morgan fingerprint density at radius 3 is 2.48 bits per heavy atom. The molecule has 4 aromatic rings. The van der Waals surface area contributed by atoms with Crippen LogP contribution in [0.5, 0.6) is 0 Å². The molecule has 3 aromatic heterocycles. The Balaban J connectivity index is 1.61. The third kappa shape index (κ3) is 4.76. The van der Waals surface area contributed by atoms with Gasteiger partial charge in [0.1, 0.15) is 17.4 Å². The molecule has 0 saturated heterocycles. The molecule has 0 aliphatic heterocycles. The van der Waals surface area contributed by atoms with Crippen LogP contribution in [-0.4, -0.2) is 33.7 Å². The normalized spacial score (nSPS) is 10.7. The first-order chi connectivity index (χ1) is 14.2. The Kier molecular flexibility index (Phi) is 5.47. The van der Waals surface area contributed by atoms with Crippen molar-refractivity contribution in [2.45, 2.75) is 13.3 Å². The Morgan fingerprint density at radius 1 is 0.966 bits per heavy atom. The zero-order valence-electron chi connectivity index (χ0n) is 16.4. The van der Waals surface area contributed by atoms with E-state index in [0.29, 0.717) is 17.5 Å². The molecule has 0 radical (unpaired) electrons. The van der Waals surface area contributed by atoms with Gasteiger partial charge in [-0.25, -0.2) is 9.97 Å². The minimum atomic E-state index is 0.616. The van der Waals surface area contributed by atoms with Gasteiger partial charge in [-0.1, -0.05) is 35.5 Å². The molecule has 0 bridgehead atoms. The average Bonchev–Trinajstić information content (AvgIpc) is 3.17. The molecule has 1 aromatic carbocycles. The largest absolute Gasteiger partial charge is 0.360 e. The lowest BCUT2D eigenvalue weighted by molar-refractivity contribution is 0.400. The van der Waals surface area contributed by atoms with Crippen molar-refractivity contribution in [1.29, 1.82) is 0 Å². The van der Waals surface area contributed by atoms with Crippen LogP contribution in [0, 0.1) is 6.92 Å². The molecule has 146 valence electrons. The molecular formula is C22H22N6O. The highest BCUT2D eigenvalue weighted by Crippen LogP contribution is 2.24. The summed E-state index contributed by atoms with van der Waals surface area (Å²) in [6.07, 6.45) is 4.53. The lowest BCUT2D eigenvalue weighted by Crippen LogP contribution is -2.22. The molecule has 4 rings (SSSR count). The number of pyridine rings is 1. The average molecular weight is 386 g/mol. The second-order valence-corrected chi connectivity index (χ2v) is 6.78. The van der Waals surface area contributed by atoms with E-state index in [1.807, 2.05) is 81.0 Å². The van der Waals surface area contributed by atoms with Crippen LogP contribution in [0.25, 0.3) is 11.4 Å². The molecular weight excluding hydrogens is 364 g/mol. The smallest absolute Gasteiger partial charge is 0.175 e. The Bertz CT molecular complexity index is 1070. The third-order valence-electron chi connectivity index (χ3n) is 4.51. The summed E-state index contributed by atoms with van der Waals surface area (Å²) in [6.45, 7) is 2.67. The van der Waals surface area contributed by atoms with Gasteiger partial charge in [-0.05, 0) is 31.0 Å². The number of anilines is 3. The summed E-state index contributed by atoms with van der Waals surface area (Å²) in [4.78, 5) is 15.6. The molecule has 0 atom stereocenters. The lowest BCUT2D eigenvalue weighted by Gasteiger charge is -2.20. The van der Waals surface area contributed by atoms with Gasteiger partial charge in [0.05, 0.1) is 0 Å². The van der Waals surface area contributed by atoms with E-state index in [-0.39, 0.29) is 0 Å². The lowest BCUT2D eigenvalue weighted by atomic mass is 10.2. The number of likely N-dealkylation sites (N-methyl/N-ethyl adjacent to an activating group) is 1. The fourth-order valence-corrected chi connectivity index (χ4v) is 2.93. The van der Waals surface area contributed by atoms with Crippen molar-refractivity contribution in [2.24, 2.45) is 0 Å². The molecule has 0 unspecified atom stereocenters. The standard InChI is InChI=1S/C22H22N6O/c1-16-14-20(27-29-16)24-19-15-21(26-22(25-19)18-6-4-3-5-7-18)28(2)13-10-17-8-11-23-12-9-17/h3-9,11-12,14-15H,10,13H2,1-2H3,(H,24,25,26,27). The second-order valence-electron chi connectivity index (χ2n) is 6.78. The van der Waals surface area contributed by atoms with Crippen molar-refractivity contribution < 1.29 is 4.52 Å². The van der Waals surface area contributed by atoms with E-state index < -0.39 is 0 Å². The highest BCUT2D eigenvalue weighted by atomic mass is 16.5. The van der Waals surface area contributed by atoms with Crippen molar-refractivity contribution >= 4 is 17.5 Å². The van der Waals surface area contributed by atoms with Gasteiger partial charge in [0, 0.05) is 43.7 Å². The zero-order valence-corrected chi connectivity index (χ0v) is 16.4. The van der Waals surface area contributed by atoms with E-state index in [1.54, 1.807) is 0 Å². The molecule has 0 amide bonds. The second kappa shape index (κ2) is 8.52. The van der Waals surface area contributed by atoms with Crippen LogP contribution in [0.3, 0.4) is 0 Å². The molecule has 0 aliphatic rings. The SMILES string of the molecule is Cc1cc(Nc2cc(N(C)CCc3ccncc3)nc(-c3ccccc3)n2)no1. The van der Waals surface area contributed by atoms with E-state index in [2.05, 4.69) is 25.3 Å². The van der Waals surface area contributed by atoms with E-state index in [1.165, 1.54) is 5.56 Å². The Labute approximate surface area is 169 Å². The molecule has 3 heterocycles. The van der Waals surface area contributed by atoms with E-state index in [4.69, 9.17) is 9.51 Å². The molecule has 0 spiro atoms. The van der Waals surface area contributed by atoms with Gasteiger partial charge in [-0.15, -0.1) is 0 Å². The zero-order chi connectivity index (χ0) is 20.1. The summed E-state index contributed by atoms with van der Waals surface area (Å²) in [7, 11) is 2.03. The number of rotatable bonds is 7. The molecule has 7 nitrogen and oxygen atoms in total. The molecule has 29 heavy (non-hydrogen) atoms. The van der Waals surface area contributed by atoms with Crippen LogP contribution in [-0.2, 0) is 6.42 Å². The summed E-state index contributed by atoms with van der Waals surface area (Å²) in [5, 5.41) is 7.21. The van der Waals surface area contributed by atoms with Gasteiger partial charge in [-0.2, -0.15) is 0 Å². The maximum Gasteiger partial charge on any atom is 0.175 e. The minimum Gasteiger partial charge on any atom is -0.360 e. The first-order valence-corrected chi connectivity index (χ1v) is 9.42. The van der Waals surface area contributed by atoms with Gasteiger partial charge in [-0.3, -0.25) is 4.98 Å². The van der Waals surface area contributed by atoms with E-state index >= 15 is 0 Å². The van der Waals surface area contributed by atoms with Crippen LogP contribution in [0.4, 0.5) is 17.5 Å². The van der Waals surface area contributed by atoms with Crippen molar-refractivity contribution in [3.8, 4) is 11.4 Å². The van der Waals surface area contributed by atoms with Crippen LogP contribution in [0.2, 0.25) is 0 Å². The number of benzene rings is 1. The highest BCUT2D eigenvalue weighted by Gasteiger charge is 2.12. The number of nitrogens with zero attached hydrogens (tertiary/aromatic N) is 5. The summed E-state index contributed by atoms with van der Waals surface area (Å²) in [5.41, 5.74) is 2.19. The third-order valence-corrected chi connectivity index (χ3v) is 4.51. The first-order valence-electron chi connectivity index (χ1n) is 9.42. The predicted octanol–water partition coefficient (Wildman–Crippen LogP) is 4.26. The topological polar surface area (TPSA) is 80.0 Å². The van der Waals surface area contributed by atoms with Gasteiger partial charge in [0.2, 0.25) is 0 Å². The van der Waals surface area contributed by atoms with Crippen molar-refractivity contribution in [3.05, 3.63) is 78.3 Å². The quantitative estimate of drug-likeness (QED) is 0.508. The molecule has 1 N–H and O–H groups in total. The minimum absolute atomic E-state index is 0.616.